The van der Waals surface area contributed by atoms with Gasteiger partial charge in [0.15, 0.2) is 11.0 Å². The maximum atomic E-state index is 13.1. The van der Waals surface area contributed by atoms with Crippen LogP contribution in [0.3, 0.4) is 0 Å². The van der Waals surface area contributed by atoms with Gasteiger partial charge in [0.05, 0.1) is 29.8 Å². The van der Waals surface area contributed by atoms with Crippen molar-refractivity contribution >= 4 is 22.6 Å². The zero-order valence-corrected chi connectivity index (χ0v) is 21.8. The smallest absolute Gasteiger partial charge is 0.394 e. The van der Waals surface area contributed by atoms with Crippen LogP contribution in [0.15, 0.2) is 47.4 Å². The molecule has 0 radical (unpaired) electrons. The first kappa shape index (κ1) is 34.8. The number of nitrogens with one attached hydrogen (secondary N) is 1. The number of alkyl halides is 6. The lowest BCUT2D eigenvalue weighted by atomic mass is 9.89. The number of aryl methyl sites for hydroxylation is 1. The number of fused-ring (bicyclic) bond motifs is 1. The molecule has 0 saturated carbocycles. The molecule has 40 heavy (non-hydrogen) atoms. The molecule has 0 spiro atoms. The predicted octanol–water partition coefficient (Wildman–Crippen LogP) is 3.34. The van der Waals surface area contributed by atoms with Crippen LogP contribution in [0.1, 0.15) is 24.5 Å². The average Bonchev–Trinajstić information content (AvgIpc) is 2.90. The number of aliphatic hydroxyl groups excluding tert-OH is 2. The number of carbonyl (C=O) groups excluding carboxylic acids is 1. The highest BCUT2D eigenvalue weighted by molar-refractivity contribution is 7.86. The summed E-state index contributed by atoms with van der Waals surface area (Å²) in [5.41, 5.74) is -6.09. The zero-order valence-electron chi connectivity index (χ0n) is 21.0. The number of carbonyl (C=O) groups is 1. The summed E-state index contributed by atoms with van der Waals surface area (Å²) in [5.74, 6) is -0.795. The molecule has 222 valence electrons. The van der Waals surface area contributed by atoms with Crippen LogP contribution in [0.2, 0.25) is 0 Å². The molecule has 0 aromatic heterocycles. The van der Waals surface area contributed by atoms with Crippen LogP contribution < -0.4 is 9.62 Å². The minimum atomic E-state index is -5.98. The fourth-order valence-electron chi connectivity index (χ4n) is 3.56. The minimum Gasteiger partial charge on any atom is -0.394 e. The molecular formula is C25H27F7N2O5S. The van der Waals surface area contributed by atoms with E-state index in [4.69, 9.17) is 10.2 Å². The number of hydrogen-bond donors (Lipinski definition) is 4. The Bertz CT molecular complexity index is 1150. The topological polar surface area (TPSA) is 110 Å². The van der Waals surface area contributed by atoms with E-state index in [0.717, 1.165) is 18.2 Å². The average molecular weight is 601 g/mol. The Morgan fingerprint density at radius 2 is 1.55 bits per heavy atom. The summed E-state index contributed by atoms with van der Waals surface area (Å²) in [5, 5.41) is 28.7. The number of terminal acetylenes is 1. The lowest BCUT2D eigenvalue weighted by molar-refractivity contribution is -0.376. The van der Waals surface area contributed by atoms with E-state index >= 15 is 0 Å². The molecule has 1 unspecified atom stereocenters. The van der Waals surface area contributed by atoms with Crippen LogP contribution >= 0.6 is 0 Å². The van der Waals surface area contributed by atoms with Gasteiger partial charge in [0.25, 0.3) is 5.60 Å². The third-order valence-electron chi connectivity index (χ3n) is 5.46. The Balaban J connectivity index is 0.000000621. The molecular weight excluding hydrogens is 573 g/mol. The van der Waals surface area contributed by atoms with Crippen molar-refractivity contribution in [3.63, 3.8) is 0 Å². The molecule has 0 fully saturated rings. The molecule has 0 saturated heterocycles. The van der Waals surface area contributed by atoms with Gasteiger partial charge in [-0.2, -0.15) is 26.3 Å². The highest BCUT2D eigenvalue weighted by atomic mass is 32.2. The van der Waals surface area contributed by atoms with E-state index in [1.165, 1.54) is 23.4 Å². The third kappa shape index (κ3) is 8.17. The SMILES string of the molecule is C#C.CC(=O)NC(CO)CO.O=S(c1ccc(F)cc1)N1CCCc2cc(C(O)(C(F)(F)F)C(F)(F)F)ccc21. The zero-order chi connectivity index (χ0) is 30.9. The predicted molar refractivity (Wildman–Crippen MR) is 133 cm³/mol. The number of benzene rings is 2. The molecule has 15 heteroatoms. The monoisotopic (exact) mass is 600 g/mol. The van der Waals surface area contributed by atoms with Crippen molar-refractivity contribution in [2.24, 2.45) is 0 Å². The van der Waals surface area contributed by atoms with E-state index in [1.807, 2.05) is 0 Å². The van der Waals surface area contributed by atoms with Crippen molar-refractivity contribution in [1.82, 2.24) is 5.32 Å². The van der Waals surface area contributed by atoms with Crippen molar-refractivity contribution in [3.8, 4) is 12.8 Å². The number of nitrogens with zero attached hydrogens (tertiary/aromatic N) is 1. The number of amides is 1. The molecule has 1 aliphatic rings. The summed E-state index contributed by atoms with van der Waals surface area (Å²) in [6.45, 7) is 1.11. The molecule has 7 nitrogen and oxygen atoms in total. The number of hydrogen-bond acceptors (Lipinski definition) is 5. The summed E-state index contributed by atoms with van der Waals surface area (Å²) in [6.07, 6.45) is -3.50. The second kappa shape index (κ2) is 14.4. The van der Waals surface area contributed by atoms with Gasteiger partial charge in [0.2, 0.25) is 5.91 Å². The standard InChI is InChI=1S/C18H14F7NO2S.C5H11NO3.C2H2/c19-13-4-6-14(7-5-13)29(28)26-9-1-2-11-10-12(3-8-15(11)26)16(27,17(20,21)22)18(23,24)25;1-4(9)6-5(2-7)3-8;1-2/h3-8,10,27H,1-2,9H2;5,7-8H,2-3H2,1H3,(H,6,9);1-2H. The highest BCUT2D eigenvalue weighted by Crippen LogP contribution is 2.50. The van der Waals surface area contributed by atoms with Crippen LogP contribution in [0.4, 0.5) is 36.4 Å². The van der Waals surface area contributed by atoms with E-state index in [9.17, 15) is 44.8 Å². The van der Waals surface area contributed by atoms with E-state index < -0.39 is 46.4 Å². The molecule has 2 aromatic carbocycles. The quantitative estimate of drug-likeness (QED) is 0.301. The Labute approximate surface area is 228 Å². The van der Waals surface area contributed by atoms with Crippen molar-refractivity contribution in [2.75, 3.05) is 24.1 Å². The number of rotatable bonds is 6. The molecule has 1 heterocycles. The molecule has 3 rings (SSSR count). The largest absolute Gasteiger partial charge is 0.430 e. The van der Waals surface area contributed by atoms with Gasteiger partial charge in [-0.25, -0.2) is 8.60 Å². The maximum Gasteiger partial charge on any atom is 0.430 e. The molecule has 4 N–H and O–H groups in total. The highest BCUT2D eigenvalue weighted by Gasteiger charge is 2.71. The fourth-order valence-corrected chi connectivity index (χ4v) is 4.84. The van der Waals surface area contributed by atoms with E-state index in [0.29, 0.717) is 18.6 Å². The Hall–Kier alpha value is -3.19. The van der Waals surface area contributed by atoms with E-state index in [-0.39, 0.29) is 48.2 Å². The number of halogens is 7. The molecule has 0 aliphatic carbocycles. The van der Waals surface area contributed by atoms with Crippen LogP contribution in [0.25, 0.3) is 0 Å². The van der Waals surface area contributed by atoms with E-state index in [2.05, 4.69) is 18.2 Å². The van der Waals surface area contributed by atoms with E-state index in [1.54, 1.807) is 0 Å². The van der Waals surface area contributed by atoms with Crippen molar-refractivity contribution in [1.29, 1.82) is 0 Å². The summed E-state index contributed by atoms with van der Waals surface area (Å²) < 4.78 is 106. The lowest BCUT2D eigenvalue weighted by Crippen LogP contribution is -2.54. The van der Waals surface area contributed by atoms with Gasteiger partial charge in [-0.3, -0.25) is 9.10 Å². The lowest BCUT2D eigenvalue weighted by Gasteiger charge is -2.35. The van der Waals surface area contributed by atoms with Crippen LogP contribution in [0.5, 0.6) is 0 Å². The number of anilines is 1. The van der Waals surface area contributed by atoms with Crippen LogP contribution in [-0.2, 0) is 27.8 Å². The first-order valence-electron chi connectivity index (χ1n) is 11.3. The van der Waals surface area contributed by atoms with Gasteiger partial charge in [-0.05, 0) is 48.7 Å². The van der Waals surface area contributed by atoms with Gasteiger partial charge < -0.3 is 20.6 Å². The second-order valence-corrected chi connectivity index (χ2v) is 9.63. The van der Waals surface area contributed by atoms with Gasteiger partial charge in [-0.15, -0.1) is 12.8 Å². The van der Waals surface area contributed by atoms with Crippen molar-refractivity contribution in [3.05, 3.63) is 59.4 Å². The molecule has 1 amide bonds. The summed E-state index contributed by atoms with van der Waals surface area (Å²) in [6, 6.07) is 6.38. The van der Waals surface area contributed by atoms with Gasteiger partial charge in [0.1, 0.15) is 5.82 Å². The minimum absolute atomic E-state index is 0.0936. The number of aliphatic hydroxyl groups is 3. The normalized spacial score (nSPS) is 14.2. The van der Waals surface area contributed by atoms with Gasteiger partial charge in [0, 0.05) is 19.0 Å². The summed E-state index contributed by atoms with van der Waals surface area (Å²) >= 11 is 0. The second-order valence-electron chi connectivity index (χ2n) is 8.22. The summed E-state index contributed by atoms with van der Waals surface area (Å²) in [7, 11) is -1.84. The first-order valence-corrected chi connectivity index (χ1v) is 12.4. The third-order valence-corrected chi connectivity index (χ3v) is 6.91. The molecule has 2 aromatic rings. The fraction of sp³-hybridized carbons (Fsp3) is 0.400. The Morgan fingerprint density at radius 3 is 1.98 bits per heavy atom. The van der Waals surface area contributed by atoms with Crippen LogP contribution in [0, 0.1) is 18.7 Å². The Kier molecular flexibility index (Phi) is 12.6. The van der Waals surface area contributed by atoms with Gasteiger partial charge >= 0.3 is 12.4 Å². The first-order chi connectivity index (χ1) is 18.6. The molecule has 1 aliphatic heterocycles. The summed E-state index contributed by atoms with van der Waals surface area (Å²) in [4.78, 5) is 10.5. The Morgan fingerprint density at radius 1 is 1.02 bits per heavy atom. The van der Waals surface area contributed by atoms with Crippen molar-refractivity contribution in [2.45, 2.75) is 48.7 Å². The van der Waals surface area contributed by atoms with Crippen molar-refractivity contribution < 1.29 is 55.1 Å². The van der Waals surface area contributed by atoms with Gasteiger partial charge in [-0.1, -0.05) is 12.1 Å². The maximum absolute atomic E-state index is 13.1. The molecule has 0 bridgehead atoms. The molecule has 1 atom stereocenters. The van der Waals surface area contributed by atoms with Crippen LogP contribution in [-0.4, -0.2) is 63.6 Å².